The van der Waals surface area contributed by atoms with E-state index in [4.69, 9.17) is 4.74 Å². The molecule has 112 valence electrons. The van der Waals surface area contributed by atoms with Crippen LogP contribution < -0.4 is 4.74 Å². The van der Waals surface area contributed by atoms with Gasteiger partial charge >= 0.3 is 0 Å². The molecule has 0 amide bonds. The molecule has 0 aromatic carbocycles. The van der Waals surface area contributed by atoms with Crippen molar-refractivity contribution in [2.45, 2.75) is 64.4 Å². The number of aliphatic hydroxyl groups is 1. The quantitative estimate of drug-likeness (QED) is 0.790. The minimum atomic E-state index is -0.407. The topological polar surface area (TPSA) is 42.4 Å². The van der Waals surface area contributed by atoms with E-state index in [1.165, 1.54) is 38.5 Å². The van der Waals surface area contributed by atoms with Crippen molar-refractivity contribution < 1.29 is 9.84 Å². The third kappa shape index (κ3) is 4.78. The maximum absolute atomic E-state index is 10.4. The van der Waals surface area contributed by atoms with Crippen molar-refractivity contribution in [1.82, 2.24) is 4.98 Å². The first-order valence-electron chi connectivity index (χ1n) is 8.05. The summed E-state index contributed by atoms with van der Waals surface area (Å²) in [6, 6.07) is 1.93. The molecule has 0 aliphatic heterocycles. The van der Waals surface area contributed by atoms with Crippen molar-refractivity contribution in [3.8, 4) is 5.75 Å². The van der Waals surface area contributed by atoms with Gasteiger partial charge in [-0.05, 0) is 24.8 Å². The molecule has 1 aliphatic rings. The molecular formula is C17H27NO2. The predicted molar refractivity (Wildman–Crippen MR) is 80.8 cm³/mol. The summed E-state index contributed by atoms with van der Waals surface area (Å²) in [6.45, 7) is 2.78. The molecule has 1 aromatic rings. The summed E-state index contributed by atoms with van der Waals surface area (Å²) in [7, 11) is 0. The van der Waals surface area contributed by atoms with Crippen molar-refractivity contribution in [2.75, 3.05) is 6.61 Å². The van der Waals surface area contributed by atoms with E-state index in [1.807, 2.05) is 6.07 Å². The van der Waals surface area contributed by atoms with E-state index in [9.17, 15) is 5.11 Å². The molecule has 0 saturated heterocycles. The lowest BCUT2D eigenvalue weighted by Crippen LogP contribution is -2.07. The van der Waals surface area contributed by atoms with Crippen LogP contribution in [0, 0.1) is 5.92 Å². The third-order valence-electron chi connectivity index (χ3n) is 4.12. The molecule has 2 rings (SSSR count). The van der Waals surface area contributed by atoms with Gasteiger partial charge in [0.05, 0.1) is 18.9 Å². The highest BCUT2D eigenvalue weighted by Gasteiger charge is 2.18. The summed E-state index contributed by atoms with van der Waals surface area (Å²) >= 11 is 0. The number of pyridine rings is 1. The van der Waals surface area contributed by atoms with Gasteiger partial charge in [0.25, 0.3) is 0 Å². The van der Waals surface area contributed by atoms with Crippen LogP contribution in [-0.2, 0) is 0 Å². The zero-order chi connectivity index (χ0) is 14.2. The summed E-state index contributed by atoms with van der Waals surface area (Å²) in [5.74, 6) is 1.43. The minimum Gasteiger partial charge on any atom is -0.492 e. The van der Waals surface area contributed by atoms with Gasteiger partial charge in [-0.25, -0.2) is 0 Å². The molecule has 3 nitrogen and oxygen atoms in total. The van der Waals surface area contributed by atoms with Gasteiger partial charge in [0.2, 0.25) is 0 Å². The van der Waals surface area contributed by atoms with Crippen LogP contribution in [-0.4, -0.2) is 16.7 Å². The number of aromatic nitrogens is 1. The molecule has 0 bridgehead atoms. The molecular weight excluding hydrogens is 250 g/mol. The highest BCUT2D eigenvalue weighted by Crippen LogP contribution is 2.31. The Morgan fingerprint density at radius 1 is 1.25 bits per heavy atom. The molecule has 1 unspecified atom stereocenters. The van der Waals surface area contributed by atoms with Crippen LogP contribution in [0.25, 0.3) is 0 Å². The Morgan fingerprint density at radius 3 is 2.70 bits per heavy atom. The Bertz CT molecular complexity index is 386. The molecule has 0 radical (unpaired) electrons. The van der Waals surface area contributed by atoms with E-state index in [0.717, 1.165) is 24.2 Å². The fourth-order valence-corrected chi connectivity index (χ4v) is 2.97. The molecule has 1 heterocycles. The highest BCUT2D eigenvalue weighted by molar-refractivity contribution is 5.25. The maximum Gasteiger partial charge on any atom is 0.137 e. The van der Waals surface area contributed by atoms with Crippen molar-refractivity contribution in [1.29, 1.82) is 0 Å². The van der Waals surface area contributed by atoms with E-state index in [1.54, 1.807) is 12.4 Å². The summed E-state index contributed by atoms with van der Waals surface area (Å²) in [5, 5.41) is 10.4. The van der Waals surface area contributed by atoms with Crippen LogP contribution in [0.15, 0.2) is 18.5 Å². The van der Waals surface area contributed by atoms with Crippen molar-refractivity contribution in [2.24, 2.45) is 5.92 Å². The van der Waals surface area contributed by atoms with Gasteiger partial charge in [-0.15, -0.1) is 0 Å². The van der Waals surface area contributed by atoms with E-state index in [-0.39, 0.29) is 0 Å². The van der Waals surface area contributed by atoms with Gasteiger partial charge in [0, 0.05) is 11.8 Å². The molecule has 1 saturated carbocycles. The molecule has 1 aromatic heterocycles. The van der Waals surface area contributed by atoms with Crippen molar-refractivity contribution in [3.63, 3.8) is 0 Å². The largest absolute Gasteiger partial charge is 0.492 e. The monoisotopic (exact) mass is 277 g/mol. The molecule has 1 fully saturated rings. The first kappa shape index (κ1) is 15.3. The van der Waals surface area contributed by atoms with E-state index in [2.05, 4.69) is 11.9 Å². The van der Waals surface area contributed by atoms with Gasteiger partial charge in [0.1, 0.15) is 5.75 Å². The van der Waals surface area contributed by atoms with Gasteiger partial charge in [-0.1, -0.05) is 45.4 Å². The first-order valence-corrected chi connectivity index (χ1v) is 8.05. The minimum absolute atomic E-state index is 0.407. The van der Waals surface area contributed by atoms with Crippen LogP contribution in [0.4, 0.5) is 0 Å². The van der Waals surface area contributed by atoms with Crippen LogP contribution in [0.2, 0.25) is 0 Å². The molecule has 1 atom stereocenters. The molecule has 20 heavy (non-hydrogen) atoms. The summed E-state index contributed by atoms with van der Waals surface area (Å²) in [6.07, 6.45) is 12.8. The Labute approximate surface area is 122 Å². The van der Waals surface area contributed by atoms with E-state index < -0.39 is 6.10 Å². The fourth-order valence-electron chi connectivity index (χ4n) is 2.97. The van der Waals surface area contributed by atoms with Gasteiger partial charge < -0.3 is 9.84 Å². The number of nitrogens with zero attached hydrogens (tertiary/aromatic N) is 1. The Morgan fingerprint density at radius 2 is 2.00 bits per heavy atom. The second-order valence-corrected chi connectivity index (χ2v) is 5.91. The number of aliphatic hydroxyl groups excluding tert-OH is 1. The number of ether oxygens (including phenoxy) is 1. The lowest BCUT2D eigenvalue weighted by atomic mass is 9.91. The van der Waals surface area contributed by atoms with E-state index >= 15 is 0 Å². The van der Waals surface area contributed by atoms with Crippen LogP contribution in [0.1, 0.15) is 70.0 Å². The SMILES string of the molecule is CCCOc1cncc(C(O)CC2CCCCCC2)c1. The molecule has 1 N–H and O–H groups in total. The normalized spacial score (nSPS) is 18.5. The molecule has 1 aliphatic carbocycles. The third-order valence-corrected chi connectivity index (χ3v) is 4.12. The lowest BCUT2D eigenvalue weighted by Gasteiger charge is -2.19. The van der Waals surface area contributed by atoms with Gasteiger partial charge in [-0.2, -0.15) is 0 Å². The highest BCUT2D eigenvalue weighted by atomic mass is 16.5. The van der Waals surface area contributed by atoms with E-state index in [0.29, 0.717) is 12.5 Å². The molecule has 3 heteroatoms. The lowest BCUT2D eigenvalue weighted by molar-refractivity contribution is 0.138. The van der Waals surface area contributed by atoms with Crippen molar-refractivity contribution >= 4 is 0 Å². The molecule has 0 spiro atoms. The Kier molecular flexibility index (Phi) is 6.31. The van der Waals surface area contributed by atoms with Crippen LogP contribution in [0.5, 0.6) is 5.75 Å². The van der Waals surface area contributed by atoms with Gasteiger partial charge in [0.15, 0.2) is 0 Å². The fraction of sp³-hybridized carbons (Fsp3) is 0.706. The smallest absolute Gasteiger partial charge is 0.137 e. The zero-order valence-corrected chi connectivity index (χ0v) is 12.6. The maximum atomic E-state index is 10.4. The summed E-state index contributed by atoms with van der Waals surface area (Å²) in [5.41, 5.74) is 0.892. The van der Waals surface area contributed by atoms with Crippen LogP contribution >= 0.6 is 0 Å². The summed E-state index contributed by atoms with van der Waals surface area (Å²) in [4.78, 5) is 4.19. The summed E-state index contributed by atoms with van der Waals surface area (Å²) < 4.78 is 5.58. The zero-order valence-electron chi connectivity index (χ0n) is 12.6. The Hall–Kier alpha value is -1.09. The second kappa shape index (κ2) is 8.25. The van der Waals surface area contributed by atoms with Gasteiger partial charge in [-0.3, -0.25) is 4.98 Å². The van der Waals surface area contributed by atoms with Crippen molar-refractivity contribution in [3.05, 3.63) is 24.0 Å². The predicted octanol–water partition coefficient (Wildman–Crippen LogP) is 4.26. The average molecular weight is 277 g/mol. The number of hydrogen-bond donors (Lipinski definition) is 1. The number of hydrogen-bond acceptors (Lipinski definition) is 3. The average Bonchev–Trinajstić information content (AvgIpc) is 2.74. The number of rotatable bonds is 6. The first-order chi connectivity index (χ1) is 9.79. The second-order valence-electron chi connectivity index (χ2n) is 5.91. The standard InChI is InChI=1S/C17H27NO2/c1-2-9-20-16-11-15(12-18-13-16)17(19)10-14-7-5-3-4-6-8-14/h11-14,17,19H,2-10H2,1H3. The Balaban J connectivity index is 1.91. The van der Waals surface area contributed by atoms with Crippen LogP contribution in [0.3, 0.4) is 0 Å².